The standard InChI is InChI=1S/C19H10Cl3F3N2O4S/c1-32(29,30)27-18(28)11-6-15(24)10(5-16(11)25)8-2-14(22)19(26-7-8)31-17-12(20)3-9(23)4-13(17)21/h2-7H,1H3,(H,27,28). The van der Waals surface area contributed by atoms with E-state index in [1.165, 1.54) is 6.07 Å². The molecule has 0 spiro atoms. The number of carbonyl (C=O) groups excluding carboxylic acids is 1. The summed E-state index contributed by atoms with van der Waals surface area (Å²) in [6.07, 6.45) is 1.79. The van der Waals surface area contributed by atoms with Gasteiger partial charge in [0.05, 0.1) is 21.9 Å². The second kappa shape index (κ2) is 9.14. The van der Waals surface area contributed by atoms with Gasteiger partial charge in [-0.3, -0.25) is 4.79 Å². The van der Waals surface area contributed by atoms with Crippen molar-refractivity contribution in [3.8, 4) is 22.8 Å². The zero-order chi connectivity index (χ0) is 23.8. The van der Waals surface area contributed by atoms with Gasteiger partial charge in [-0.2, -0.15) is 0 Å². The van der Waals surface area contributed by atoms with E-state index in [0.717, 1.165) is 18.3 Å². The van der Waals surface area contributed by atoms with E-state index in [1.54, 1.807) is 4.72 Å². The van der Waals surface area contributed by atoms with Crippen LogP contribution in [0.2, 0.25) is 15.1 Å². The summed E-state index contributed by atoms with van der Waals surface area (Å²) in [6.45, 7) is 0. The Labute approximate surface area is 194 Å². The lowest BCUT2D eigenvalue weighted by Crippen LogP contribution is -2.30. The van der Waals surface area contributed by atoms with Crippen LogP contribution in [0.15, 0.2) is 36.5 Å². The van der Waals surface area contributed by atoms with Crippen LogP contribution in [0.1, 0.15) is 10.4 Å². The molecule has 0 bridgehead atoms. The predicted octanol–water partition coefficient (Wildman–Crippen LogP) is 5.61. The third kappa shape index (κ3) is 5.44. The molecule has 1 aromatic heterocycles. The van der Waals surface area contributed by atoms with Crippen molar-refractivity contribution in [2.24, 2.45) is 0 Å². The number of rotatable bonds is 5. The SMILES string of the molecule is CS(=O)(=O)NC(=O)c1cc(F)c(-c2cnc(Oc3c(Cl)cc(F)cc3Cl)c(Cl)c2)cc1F. The molecule has 1 N–H and O–H groups in total. The van der Waals surface area contributed by atoms with Gasteiger partial charge in [-0.1, -0.05) is 34.8 Å². The fourth-order valence-corrected chi connectivity index (χ4v) is 3.73. The lowest BCUT2D eigenvalue weighted by molar-refractivity contribution is 0.0977. The fourth-order valence-electron chi connectivity index (χ4n) is 2.54. The topological polar surface area (TPSA) is 85.4 Å². The van der Waals surface area contributed by atoms with E-state index in [9.17, 15) is 26.4 Å². The molecule has 0 radical (unpaired) electrons. The van der Waals surface area contributed by atoms with Crippen molar-refractivity contribution in [3.05, 3.63) is 74.6 Å². The minimum Gasteiger partial charge on any atom is -0.434 e. The van der Waals surface area contributed by atoms with E-state index in [2.05, 4.69) is 4.98 Å². The van der Waals surface area contributed by atoms with Crippen LogP contribution in [0.4, 0.5) is 13.2 Å². The number of nitrogens with one attached hydrogen (secondary N) is 1. The van der Waals surface area contributed by atoms with Crippen molar-refractivity contribution in [1.82, 2.24) is 9.71 Å². The molecule has 0 fully saturated rings. The Bertz CT molecular complexity index is 1330. The molecular weight excluding hydrogens is 516 g/mol. The maximum atomic E-state index is 14.6. The molecule has 0 atom stereocenters. The monoisotopic (exact) mass is 524 g/mol. The molecule has 0 saturated heterocycles. The number of pyridine rings is 1. The van der Waals surface area contributed by atoms with Gasteiger partial charge < -0.3 is 4.74 Å². The Morgan fingerprint density at radius 3 is 2.16 bits per heavy atom. The van der Waals surface area contributed by atoms with Crippen LogP contribution in [0.3, 0.4) is 0 Å². The van der Waals surface area contributed by atoms with Crippen molar-refractivity contribution < 1.29 is 31.1 Å². The van der Waals surface area contributed by atoms with E-state index in [0.29, 0.717) is 18.4 Å². The maximum absolute atomic E-state index is 14.6. The molecule has 3 aromatic rings. The minimum atomic E-state index is -3.98. The molecule has 6 nitrogen and oxygen atoms in total. The number of halogens is 6. The van der Waals surface area contributed by atoms with Crippen molar-refractivity contribution in [1.29, 1.82) is 0 Å². The second-order valence-corrected chi connectivity index (χ2v) is 9.30. The predicted molar refractivity (Wildman–Crippen MR) is 113 cm³/mol. The summed E-state index contributed by atoms with van der Waals surface area (Å²) in [4.78, 5) is 15.8. The smallest absolute Gasteiger partial charge is 0.267 e. The summed E-state index contributed by atoms with van der Waals surface area (Å²) in [5.41, 5.74) is -1.10. The number of amides is 1. The van der Waals surface area contributed by atoms with Gasteiger partial charge in [0.2, 0.25) is 15.9 Å². The largest absolute Gasteiger partial charge is 0.434 e. The molecule has 1 amide bonds. The van der Waals surface area contributed by atoms with E-state index in [4.69, 9.17) is 39.5 Å². The highest BCUT2D eigenvalue weighted by atomic mass is 35.5. The van der Waals surface area contributed by atoms with Gasteiger partial charge >= 0.3 is 0 Å². The van der Waals surface area contributed by atoms with Crippen molar-refractivity contribution >= 4 is 50.7 Å². The number of sulfonamides is 1. The number of aromatic nitrogens is 1. The minimum absolute atomic E-state index is 0.0186. The van der Waals surface area contributed by atoms with Crippen molar-refractivity contribution in [2.75, 3.05) is 6.26 Å². The summed E-state index contributed by atoms with van der Waals surface area (Å²) in [6, 6.07) is 4.36. The highest BCUT2D eigenvalue weighted by Gasteiger charge is 2.21. The van der Waals surface area contributed by atoms with Crippen LogP contribution in [0, 0.1) is 17.5 Å². The number of benzene rings is 2. The first-order valence-corrected chi connectivity index (χ1v) is 11.4. The first kappa shape index (κ1) is 24.1. The number of nitrogens with zero attached hydrogens (tertiary/aromatic N) is 1. The molecule has 13 heteroatoms. The molecule has 1 heterocycles. The number of hydrogen-bond donors (Lipinski definition) is 1. The molecule has 0 saturated carbocycles. The highest BCUT2D eigenvalue weighted by molar-refractivity contribution is 7.89. The van der Waals surface area contributed by atoms with Gasteiger partial charge in [0.1, 0.15) is 22.5 Å². The normalized spacial score (nSPS) is 11.3. The third-order valence-electron chi connectivity index (χ3n) is 3.86. The average molecular weight is 526 g/mol. The van der Waals surface area contributed by atoms with E-state index in [-0.39, 0.29) is 37.8 Å². The van der Waals surface area contributed by atoms with Crippen LogP contribution < -0.4 is 9.46 Å². The Morgan fingerprint density at radius 1 is 0.969 bits per heavy atom. The number of ether oxygens (including phenoxy) is 1. The molecule has 0 aliphatic heterocycles. The van der Waals surface area contributed by atoms with Crippen LogP contribution in [0.5, 0.6) is 11.6 Å². The maximum Gasteiger partial charge on any atom is 0.267 e. The molecule has 0 aliphatic rings. The Hall–Kier alpha value is -2.53. The molecule has 0 aliphatic carbocycles. The first-order valence-electron chi connectivity index (χ1n) is 8.35. The van der Waals surface area contributed by atoms with Crippen LogP contribution >= 0.6 is 34.8 Å². The molecular formula is C19H10Cl3F3N2O4S. The average Bonchev–Trinajstić information content (AvgIpc) is 2.65. The fraction of sp³-hybridized carbons (Fsp3) is 0.0526. The van der Waals surface area contributed by atoms with Crippen molar-refractivity contribution in [2.45, 2.75) is 0 Å². The van der Waals surface area contributed by atoms with Gasteiger partial charge in [-0.25, -0.2) is 31.3 Å². The summed E-state index contributed by atoms with van der Waals surface area (Å²) >= 11 is 17.9. The lowest BCUT2D eigenvalue weighted by atomic mass is 10.0. The molecule has 3 rings (SSSR count). The first-order chi connectivity index (χ1) is 14.9. The van der Waals surface area contributed by atoms with Crippen LogP contribution in [-0.2, 0) is 10.0 Å². The zero-order valence-corrected chi connectivity index (χ0v) is 18.8. The number of hydrogen-bond acceptors (Lipinski definition) is 5. The van der Waals surface area contributed by atoms with E-state index >= 15 is 0 Å². The van der Waals surface area contributed by atoms with Gasteiger partial charge in [0.15, 0.2) is 5.75 Å². The quantitative estimate of drug-likeness (QED) is 0.468. The molecule has 2 aromatic carbocycles. The van der Waals surface area contributed by atoms with Gasteiger partial charge in [-0.05, 0) is 30.3 Å². The molecule has 168 valence electrons. The Morgan fingerprint density at radius 2 is 1.59 bits per heavy atom. The van der Waals surface area contributed by atoms with Gasteiger partial charge in [-0.15, -0.1) is 0 Å². The summed E-state index contributed by atoms with van der Waals surface area (Å²) in [5.74, 6) is -4.55. The Balaban J connectivity index is 1.94. The molecule has 0 unspecified atom stereocenters. The van der Waals surface area contributed by atoms with Crippen LogP contribution in [-0.4, -0.2) is 25.6 Å². The van der Waals surface area contributed by atoms with Crippen LogP contribution in [0.25, 0.3) is 11.1 Å². The zero-order valence-electron chi connectivity index (χ0n) is 15.7. The van der Waals surface area contributed by atoms with Crippen molar-refractivity contribution in [3.63, 3.8) is 0 Å². The number of carbonyl (C=O) groups is 1. The summed E-state index contributed by atoms with van der Waals surface area (Å²) in [7, 11) is -3.98. The second-order valence-electron chi connectivity index (χ2n) is 6.33. The lowest BCUT2D eigenvalue weighted by Gasteiger charge is -2.12. The van der Waals surface area contributed by atoms with Gasteiger partial charge in [0, 0.05) is 17.3 Å². The van der Waals surface area contributed by atoms with E-state index in [1.807, 2.05) is 0 Å². The van der Waals surface area contributed by atoms with E-state index < -0.39 is 38.9 Å². The summed E-state index contributed by atoms with van der Waals surface area (Å²) in [5, 5.41) is -0.432. The Kier molecular flexibility index (Phi) is 6.89. The third-order valence-corrected chi connectivity index (χ3v) is 5.25. The molecule has 32 heavy (non-hydrogen) atoms. The van der Waals surface area contributed by atoms with Gasteiger partial charge in [0.25, 0.3) is 5.91 Å². The summed E-state index contributed by atoms with van der Waals surface area (Å²) < 4.78 is 71.5. The highest BCUT2D eigenvalue weighted by Crippen LogP contribution is 2.39.